The van der Waals surface area contributed by atoms with Crippen molar-refractivity contribution in [2.24, 2.45) is 0 Å². The lowest BCUT2D eigenvalue weighted by atomic mass is 10.2. The molecule has 2 N–H and O–H groups in total. The van der Waals surface area contributed by atoms with Crippen molar-refractivity contribution >= 4 is 29.1 Å². The number of aromatic amines is 1. The maximum atomic E-state index is 12.2. The van der Waals surface area contributed by atoms with Crippen LogP contribution in [-0.4, -0.2) is 34.7 Å². The molecule has 0 saturated heterocycles. The summed E-state index contributed by atoms with van der Waals surface area (Å²) < 4.78 is 5.12. The number of carbonyl (C=O) groups is 1. The predicted octanol–water partition coefficient (Wildman–Crippen LogP) is 3.76. The fourth-order valence-electron chi connectivity index (χ4n) is 2.33. The predicted molar refractivity (Wildman–Crippen MR) is 101 cm³/mol. The van der Waals surface area contributed by atoms with Crippen molar-refractivity contribution in [2.75, 3.05) is 13.7 Å². The number of nitrogens with zero attached hydrogens (tertiary/aromatic N) is 2. The number of hydrogen-bond donors (Lipinski definition) is 2. The lowest BCUT2D eigenvalue weighted by Crippen LogP contribution is -2.26. The first-order valence-electron chi connectivity index (χ1n) is 7.86. The normalized spacial score (nSPS) is 10.6. The molecule has 26 heavy (non-hydrogen) atoms. The Morgan fingerprint density at radius 1 is 1.19 bits per heavy atom. The minimum absolute atomic E-state index is 0.211. The van der Waals surface area contributed by atoms with Gasteiger partial charge in [-0.3, -0.25) is 9.89 Å². The fraction of sp³-hybridized carbons (Fsp3) is 0.167. The molecule has 0 atom stereocenters. The van der Waals surface area contributed by atoms with E-state index in [1.165, 1.54) is 7.11 Å². The smallest absolute Gasteiger partial charge is 0.251 e. The number of rotatable bonds is 6. The van der Waals surface area contributed by atoms with Crippen LogP contribution in [0.1, 0.15) is 16.2 Å². The van der Waals surface area contributed by atoms with E-state index in [2.05, 4.69) is 20.5 Å². The number of ether oxygens (including phenoxy) is 1. The summed E-state index contributed by atoms with van der Waals surface area (Å²) in [5.41, 5.74) is 1.35. The molecule has 1 aromatic heterocycles. The molecule has 0 aliphatic carbocycles. The van der Waals surface area contributed by atoms with Crippen LogP contribution in [0.5, 0.6) is 5.75 Å². The topological polar surface area (TPSA) is 79.9 Å². The van der Waals surface area contributed by atoms with Crippen LogP contribution < -0.4 is 10.1 Å². The molecular formula is C18H16Cl2N4O2. The molecular weight excluding hydrogens is 375 g/mol. The van der Waals surface area contributed by atoms with Crippen LogP contribution in [-0.2, 0) is 6.42 Å². The summed E-state index contributed by atoms with van der Waals surface area (Å²) >= 11 is 11.8. The van der Waals surface area contributed by atoms with E-state index < -0.39 is 0 Å². The molecule has 0 fully saturated rings. The van der Waals surface area contributed by atoms with Gasteiger partial charge in [-0.1, -0.05) is 23.2 Å². The highest BCUT2D eigenvalue weighted by Crippen LogP contribution is 2.25. The van der Waals surface area contributed by atoms with Gasteiger partial charge in [0.25, 0.3) is 5.91 Å². The van der Waals surface area contributed by atoms with Gasteiger partial charge in [0.1, 0.15) is 11.6 Å². The number of methoxy groups -OCH3 is 1. The number of benzene rings is 2. The highest BCUT2D eigenvalue weighted by Gasteiger charge is 2.10. The standard InChI is InChI=1S/C18H16Cl2N4O2/c1-26-15-10-12(4-7-14(15)20)18(25)21-9-8-16-22-17(24-23-16)11-2-5-13(19)6-3-11/h2-7,10H,8-9H2,1H3,(H,21,25)(H,22,23,24). The lowest BCUT2D eigenvalue weighted by Gasteiger charge is -2.07. The lowest BCUT2D eigenvalue weighted by molar-refractivity contribution is 0.0953. The van der Waals surface area contributed by atoms with Gasteiger partial charge in [0.05, 0.1) is 12.1 Å². The minimum atomic E-state index is -0.211. The summed E-state index contributed by atoms with van der Waals surface area (Å²) in [6, 6.07) is 12.2. The van der Waals surface area contributed by atoms with Crippen LogP contribution in [0, 0.1) is 0 Å². The first kappa shape index (κ1) is 18.2. The van der Waals surface area contributed by atoms with Crippen molar-refractivity contribution in [1.29, 1.82) is 0 Å². The van der Waals surface area contributed by atoms with Gasteiger partial charge in [-0.25, -0.2) is 4.98 Å². The molecule has 0 unspecified atom stereocenters. The molecule has 2 aromatic carbocycles. The van der Waals surface area contributed by atoms with Gasteiger partial charge in [0, 0.05) is 29.1 Å². The van der Waals surface area contributed by atoms with E-state index in [9.17, 15) is 4.79 Å². The van der Waals surface area contributed by atoms with Crippen molar-refractivity contribution in [2.45, 2.75) is 6.42 Å². The summed E-state index contributed by atoms with van der Waals surface area (Å²) in [6.07, 6.45) is 0.525. The molecule has 3 aromatic rings. The number of nitrogens with one attached hydrogen (secondary N) is 2. The van der Waals surface area contributed by atoms with Crippen molar-refractivity contribution in [3.8, 4) is 17.1 Å². The van der Waals surface area contributed by atoms with Crippen LogP contribution in [0.15, 0.2) is 42.5 Å². The highest BCUT2D eigenvalue weighted by atomic mass is 35.5. The van der Waals surface area contributed by atoms with E-state index in [0.29, 0.717) is 46.0 Å². The Kier molecular flexibility index (Phi) is 5.75. The first-order chi connectivity index (χ1) is 12.6. The van der Waals surface area contributed by atoms with Gasteiger partial charge >= 0.3 is 0 Å². The number of carbonyl (C=O) groups excluding carboxylic acids is 1. The molecule has 0 radical (unpaired) electrons. The second-order valence-electron chi connectivity index (χ2n) is 5.47. The molecule has 134 valence electrons. The van der Waals surface area contributed by atoms with Crippen LogP contribution in [0.2, 0.25) is 10.0 Å². The van der Waals surface area contributed by atoms with Gasteiger partial charge in [-0.15, -0.1) is 0 Å². The van der Waals surface area contributed by atoms with Crippen molar-refractivity contribution in [3.05, 3.63) is 63.9 Å². The second-order valence-corrected chi connectivity index (χ2v) is 6.31. The highest BCUT2D eigenvalue weighted by molar-refractivity contribution is 6.32. The third kappa shape index (κ3) is 4.33. The monoisotopic (exact) mass is 390 g/mol. The molecule has 0 aliphatic heterocycles. The van der Waals surface area contributed by atoms with Crippen molar-refractivity contribution < 1.29 is 9.53 Å². The maximum Gasteiger partial charge on any atom is 0.251 e. The van der Waals surface area contributed by atoms with E-state index >= 15 is 0 Å². The second kappa shape index (κ2) is 8.21. The maximum absolute atomic E-state index is 12.2. The van der Waals surface area contributed by atoms with Crippen LogP contribution in [0.3, 0.4) is 0 Å². The van der Waals surface area contributed by atoms with E-state index in [1.54, 1.807) is 30.3 Å². The van der Waals surface area contributed by atoms with Gasteiger partial charge in [-0.2, -0.15) is 5.10 Å². The molecule has 0 aliphatic rings. The van der Waals surface area contributed by atoms with Crippen molar-refractivity contribution in [3.63, 3.8) is 0 Å². The number of aromatic nitrogens is 3. The zero-order valence-electron chi connectivity index (χ0n) is 13.9. The molecule has 0 spiro atoms. The Morgan fingerprint density at radius 2 is 1.96 bits per heavy atom. The summed E-state index contributed by atoms with van der Waals surface area (Å²) in [5.74, 6) is 1.52. The zero-order chi connectivity index (χ0) is 18.5. The van der Waals surface area contributed by atoms with E-state index in [4.69, 9.17) is 27.9 Å². The van der Waals surface area contributed by atoms with Crippen LogP contribution in [0.4, 0.5) is 0 Å². The molecule has 0 saturated carbocycles. The van der Waals surface area contributed by atoms with E-state index in [0.717, 1.165) is 5.56 Å². The van der Waals surface area contributed by atoms with E-state index in [1.807, 2.05) is 12.1 Å². The molecule has 1 amide bonds. The molecule has 8 heteroatoms. The van der Waals surface area contributed by atoms with Gasteiger partial charge in [0.15, 0.2) is 5.82 Å². The first-order valence-corrected chi connectivity index (χ1v) is 8.61. The SMILES string of the molecule is COc1cc(C(=O)NCCc2nc(-c3ccc(Cl)cc3)n[nH]2)ccc1Cl. The van der Waals surface area contributed by atoms with Gasteiger partial charge in [0.2, 0.25) is 0 Å². The largest absolute Gasteiger partial charge is 0.495 e. The number of halogens is 2. The molecule has 6 nitrogen and oxygen atoms in total. The van der Waals surface area contributed by atoms with Crippen molar-refractivity contribution in [1.82, 2.24) is 20.5 Å². The Balaban J connectivity index is 1.56. The Labute approximate surface area is 160 Å². The van der Waals surface area contributed by atoms with Gasteiger partial charge in [-0.05, 0) is 42.5 Å². The number of amides is 1. The number of H-pyrrole nitrogens is 1. The zero-order valence-corrected chi connectivity index (χ0v) is 15.4. The Hall–Kier alpha value is -2.57. The third-order valence-corrected chi connectivity index (χ3v) is 4.26. The van der Waals surface area contributed by atoms with Crippen LogP contribution in [0.25, 0.3) is 11.4 Å². The fourth-order valence-corrected chi connectivity index (χ4v) is 2.65. The number of hydrogen-bond acceptors (Lipinski definition) is 4. The molecule has 3 rings (SSSR count). The Bertz CT molecular complexity index is 910. The summed E-state index contributed by atoms with van der Waals surface area (Å²) in [4.78, 5) is 16.6. The van der Waals surface area contributed by atoms with Crippen LogP contribution >= 0.6 is 23.2 Å². The average molecular weight is 391 g/mol. The van der Waals surface area contributed by atoms with Gasteiger partial charge < -0.3 is 10.1 Å². The molecule has 1 heterocycles. The summed E-state index contributed by atoms with van der Waals surface area (Å²) in [5, 5.41) is 11.0. The third-order valence-electron chi connectivity index (χ3n) is 3.69. The molecule has 0 bridgehead atoms. The van der Waals surface area contributed by atoms with E-state index in [-0.39, 0.29) is 5.91 Å². The average Bonchev–Trinajstić information content (AvgIpc) is 3.11. The minimum Gasteiger partial charge on any atom is -0.495 e. The summed E-state index contributed by atoms with van der Waals surface area (Å²) in [7, 11) is 1.51. The summed E-state index contributed by atoms with van der Waals surface area (Å²) in [6.45, 7) is 0.416. The Morgan fingerprint density at radius 3 is 2.69 bits per heavy atom. The quantitative estimate of drug-likeness (QED) is 0.671.